The van der Waals surface area contributed by atoms with Gasteiger partial charge in [0.15, 0.2) is 0 Å². The first-order chi connectivity index (χ1) is 8.72. The molecule has 4 heteroatoms. The molecule has 0 amide bonds. The van der Waals surface area contributed by atoms with Crippen molar-refractivity contribution in [1.29, 1.82) is 0 Å². The second-order valence-corrected chi connectivity index (χ2v) is 4.17. The lowest BCUT2D eigenvalue weighted by Crippen LogP contribution is -2.00. The van der Waals surface area contributed by atoms with E-state index in [9.17, 15) is 0 Å². The maximum atomic E-state index is 6.13. The molecule has 0 saturated heterocycles. The van der Waals surface area contributed by atoms with Crippen molar-refractivity contribution in [3.63, 3.8) is 0 Å². The first-order valence-electron chi connectivity index (χ1n) is 5.75. The molecule has 0 fully saturated rings. The van der Waals surface area contributed by atoms with Crippen LogP contribution in [0.5, 0.6) is 5.75 Å². The van der Waals surface area contributed by atoms with Gasteiger partial charge in [0.05, 0.1) is 28.7 Å². The van der Waals surface area contributed by atoms with Gasteiger partial charge >= 0.3 is 0 Å². The lowest BCUT2D eigenvalue weighted by atomic mass is 10.2. The van der Waals surface area contributed by atoms with Crippen molar-refractivity contribution in [1.82, 2.24) is 0 Å². The molecule has 0 aliphatic rings. The molecule has 0 radical (unpaired) electrons. The van der Waals surface area contributed by atoms with E-state index in [2.05, 4.69) is 5.32 Å². The topological polar surface area (TPSA) is 47.3 Å². The van der Waals surface area contributed by atoms with Gasteiger partial charge in [-0.2, -0.15) is 0 Å². The first kappa shape index (κ1) is 12.6. The molecule has 2 aromatic rings. The Kier molecular flexibility index (Phi) is 3.95. The maximum Gasteiger partial charge on any atom is 0.142 e. The summed E-state index contributed by atoms with van der Waals surface area (Å²) in [6.07, 6.45) is 0. The molecule has 0 aromatic heterocycles. The molecule has 0 spiro atoms. The normalized spacial score (nSPS) is 10.1. The average Bonchev–Trinajstić information content (AvgIpc) is 2.36. The van der Waals surface area contributed by atoms with Crippen LogP contribution in [0, 0.1) is 0 Å². The summed E-state index contributed by atoms with van der Waals surface area (Å²) in [7, 11) is 0. The summed E-state index contributed by atoms with van der Waals surface area (Å²) in [5.41, 5.74) is 8.06. The van der Waals surface area contributed by atoms with Crippen molar-refractivity contribution in [2.75, 3.05) is 17.7 Å². The molecule has 0 unspecified atom stereocenters. The number of halogens is 1. The van der Waals surface area contributed by atoms with Crippen molar-refractivity contribution >= 4 is 28.7 Å². The quantitative estimate of drug-likeness (QED) is 0.817. The summed E-state index contributed by atoms with van der Waals surface area (Å²) in [6, 6.07) is 13.1. The van der Waals surface area contributed by atoms with Gasteiger partial charge in [-0.3, -0.25) is 0 Å². The molecule has 0 aliphatic carbocycles. The molecule has 3 nitrogen and oxygen atoms in total. The van der Waals surface area contributed by atoms with Crippen LogP contribution in [0.2, 0.25) is 5.02 Å². The largest absolute Gasteiger partial charge is 0.492 e. The second kappa shape index (κ2) is 5.65. The number of hydrogen-bond acceptors (Lipinski definition) is 3. The molecule has 0 aliphatic heterocycles. The lowest BCUT2D eigenvalue weighted by Gasteiger charge is -2.14. The van der Waals surface area contributed by atoms with E-state index in [1.54, 1.807) is 12.1 Å². The summed E-state index contributed by atoms with van der Waals surface area (Å²) in [4.78, 5) is 0. The minimum atomic E-state index is 0.585. The molecular weight excluding hydrogens is 248 g/mol. The van der Waals surface area contributed by atoms with Crippen LogP contribution in [0.3, 0.4) is 0 Å². The monoisotopic (exact) mass is 262 g/mol. The number of nitrogens with one attached hydrogen (secondary N) is 1. The average molecular weight is 263 g/mol. The van der Waals surface area contributed by atoms with E-state index in [4.69, 9.17) is 22.1 Å². The SMILES string of the molecule is CCOc1ccccc1Nc1c(N)cccc1Cl. The molecular formula is C14H15ClN2O. The molecule has 2 rings (SSSR count). The number of para-hydroxylation sites is 3. The number of nitrogen functional groups attached to an aromatic ring is 1. The van der Waals surface area contributed by atoms with Crippen LogP contribution in [-0.4, -0.2) is 6.61 Å². The summed E-state index contributed by atoms with van der Waals surface area (Å²) in [5, 5.41) is 3.80. The van der Waals surface area contributed by atoms with Crippen molar-refractivity contribution in [2.24, 2.45) is 0 Å². The zero-order valence-electron chi connectivity index (χ0n) is 10.1. The highest BCUT2D eigenvalue weighted by molar-refractivity contribution is 6.34. The standard InChI is InChI=1S/C14H15ClN2O/c1-2-18-13-9-4-3-8-12(13)17-14-10(15)6-5-7-11(14)16/h3-9,17H,2,16H2,1H3. The Labute approximate surface area is 112 Å². The van der Waals surface area contributed by atoms with Gasteiger partial charge in [0.25, 0.3) is 0 Å². The highest BCUT2D eigenvalue weighted by Crippen LogP contribution is 2.34. The zero-order valence-corrected chi connectivity index (χ0v) is 10.9. The zero-order chi connectivity index (χ0) is 13.0. The van der Waals surface area contributed by atoms with Crippen LogP contribution in [0.15, 0.2) is 42.5 Å². The minimum absolute atomic E-state index is 0.585. The fourth-order valence-corrected chi connectivity index (χ4v) is 1.89. The molecule has 0 heterocycles. The Morgan fingerprint density at radius 1 is 1.17 bits per heavy atom. The highest BCUT2D eigenvalue weighted by atomic mass is 35.5. The number of benzene rings is 2. The van der Waals surface area contributed by atoms with Gasteiger partial charge in [-0.15, -0.1) is 0 Å². The van der Waals surface area contributed by atoms with E-state index in [1.807, 2.05) is 37.3 Å². The Bertz CT molecular complexity index is 523. The van der Waals surface area contributed by atoms with E-state index in [0.29, 0.717) is 23.0 Å². The Hall–Kier alpha value is -1.87. The van der Waals surface area contributed by atoms with Crippen molar-refractivity contribution in [3.8, 4) is 5.75 Å². The predicted octanol–water partition coefficient (Wildman–Crippen LogP) is 4.06. The number of nitrogens with two attached hydrogens (primary N) is 1. The fourth-order valence-electron chi connectivity index (χ4n) is 1.66. The number of rotatable bonds is 4. The summed E-state index contributed by atoms with van der Waals surface area (Å²) >= 11 is 6.13. The molecule has 0 bridgehead atoms. The van der Waals surface area contributed by atoms with E-state index >= 15 is 0 Å². The van der Waals surface area contributed by atoms with Crippen LogP contribution in [0.4, 0.5) is 17.1 Å². The van der Waals surface area contributed by atoms with Gasteiger partial charge < -0.3 is 15.8 Å². The van der Waals surface area contributed by atoms with Crippen molar-refractivity contribution in [2.45, 2.75) is 6.92 Å². The van der Waals surface area contributed by atoms with Crippen LogP contribution < -0.4 is 15.8 Å². The van der Waals surface area contributed by atoms with E-state index in [1.165, 1.54) is 0 Å². The minimum Gasteiger partial charge on any atom is -0.492 e. The third kappa shape index (κ3) is 2.68. The van der Waals surface area contributed by atoms with Gasteiger partial charge in [0.1, 0.15) is 5.75 Å². The lowest BCUT2D eigenvalue weighted by molar-refractivity contribution is 0.342. The maximum absolute atomic E-state index is 6.13. The predicted molar refractivity (Wildman–Crippen MR) is 76.8 cm³/mol. The van der Waals surface area contributed by atoms with Crippen LogP contribution in [0.25, 0.3) is 0 Å². The third-order valence-electron chi connectivity index (χ3n) is 2.49. The molecule has 0 saturated carbocycles. The van der Waals surface area contributed by atoms with Gasteiger partial charge in [0, 0.05) is 0 Å². The van der Waals surface area contributed by atoms with Crippen molar-refractivity contribution in [3.05, 3.63) is 47.5 Å². The van der Waals surface area contributed by atoms with Crippen molar-refractivity contribution < 1.29 is 4.74 Å². The Balaban J connectivity index is 2.34. The summed E-state index contributed by atoms with van der Waals surface area (Å²) in [5.74, 6) is 0.777. The number of ether oxygens (including phenoxy) is 1. The molecule has 3 N–H and O–H groups in total. The van der Waals surface area contributed by atoms with Crippen LogP contribution in [-0.2, 0) is 0 Å². The van der Waals surface area contributed by atoms with Crippen LogP contribution in [0.1, 0.15) is 6.92 Å². The molecule has 0 atom stereocenters. The van der Waals surface area contributed by atoms with E-state index in [0.717, 1.165) is 11.4 Å². The van der Waals surface area contributed by atoms with Crippen LogP contribution >= 0.6 is 11.6 Å². The molecule has 94 valence electrons. The summed E-state index contributed by atoms with van der Waals surface area (Å²) in [6.45, 7) is 2.55. The van der Waals surface area contributed by atoms with Gasteiger partial charge in [-0.05, 0) is 31.2 Å². The Morgan fingerprint density at radius 2 is 1.94 bits per heavy atom. The second-order valence-electron chi connectivity index (χ2n) is 3.76. The molecule has 2 aromatic carbocycles. The Morgan fingerprint density at radius 3 is 2.67 bits per heavy atom. The first-order valence-corrected chi connectivity index (χ1v) is 6.13. The molecule has 18 heavy (non-hydrogen) atoms. The number of anilines is 3. The van der Waals surface area contributed by atoms with E-state index in [-0.39, 0.29) is 0 Å². The summed E-state index contributed by atoms with van der Waals surface area (Å²) < 4.78 is 5.54. The highest BCUT2D eigenvalue weighted by Gasteiger charge is 2.08. The third-order valence-corrected chi connectivity index (χ3v) is 2.81. The smallest absolute Gasteiger partial charge is 0.142 e. The van der Waals surface area contributed by atoms with Gasteiger partial charge in [-0.1, -0.05) is 29.8 Å². The number of hydrogen-bond donors (Lipinski definition) is 2. The van der Waals surface area contributed by atoms with Gasteiger partial charge in [-0.25, -0.2) is 0 Å². The fraction of sp³-hybridized carbons (Fsp3) is 0.143. The van der Waals surface area contributed by atoms with E-state index < -0.39 is 0 Å². The van der Waals surface area contributed by atoms with Gasteiger partial charge in [0.2, 0.25) is 0 Å².